The molecule has 1 aromatic rings. The SMILES string of the molecule is CC1(C)CCc2cc(I)cc(F)c21. The van der Waals surface area contributed by atoms with Crippen molar-refractivity contribution in [3.8, 4) is 0 Å². The van der Waals surface area contributed by atoms with Gasteiger partial charge in [-0.15, -0.1) is 0 Å². The average Bonchev–Trinajstić information content (AvgIpc) is 2.26. The minimum atomic E-state index is -0.0237. The Kier molecular flexibility index (Phi) is 2.13. The first-order valence-corrected chi connectivity index (χ1v) is 5.57. The van der Waals surface area contributed by atoms with Crippen LogP contribution >= 0.6 is 22.6 Å². The van der Waals surface area contributed by atoms with Crippen molar-refractivity contribution in [3.05, 3.63) is 32.6 Å². The standard InChI is InChI=1S/C11H12FI/c1-11(2)4-3-7-5-8(13)6-9(12)10(7)11/h5-6H,3-4H2,1-2H3. The minimum Gasteiger partial charge on any atom is -0.207 e. The van der Waals surface area contributed by atoms with E-state index in [0.717, 1.165) is 22.0 Å². The van der Waals surface area contributed by atoms with Gasteiger partial charge in [-0.3, -0.25) is 0 Å². The molecule has 0 aromatic heterocycles. The number of hydrogen-bond acceptors (Lipinski definition) is 0. The van der Waals surface area contributed by atoms with Crippen molar-refractivity contribution in [3.63, 3.8) is 0 Å². The maximum Gasteiger partial charge on any atom is 0.128 e. The van der Waals surface area contributed by atoms with E-state index in [9.17, 15) is 4.39 Å². The van der Waals surface area contributed by atoms with E-state index in [2.05, 4.69) is 42.5 Å². The second-order valence-electron chi connectivity index (χ2n) is 4.31. The van der Waals surface area contributed by atoms with Crippen LogP contribution in [0.1, 0.15) is 31.4 Å². The lowest BCUT2D eigenvalue weighted by Crippen LogP contribution is -2.14. The third-order valence-electron chi connectivity index (χ3n) is 2.83. The minimum absolute atomic E-state index is 0.0237. The van der Waals surface area contributed by atoms with Gasteiger partial charge in [0.25, 0.3) is 0 Å². The Morgan fingerprint density at radius 2 is 2.08 bits per heavy atom. The molecule has 1 aliphatic rings. The van der Waals surface area contributed by atoms with Gasteiger partial charge in [-0.25, -0.2) is 4.39 Å². The van der Waals surface area contributed by atoms with Crippen molar-refractivity contribution in [2.75, 3.05) is 0 Å². The van der Waals surface area contributed by atoms with E-state index in [1.54, 1.807) is 6.07 Å². The lowest BCUT2D eigenvalue weighted by molar-refractivity contribution is 0.488. The van der Waals surface area contributed by atoms with Gasteiger partial charge in [0, 0.05) is 3.57 Å². The molecule has 0 saturated carbocycles. The van der Waals surface area contributed by atoms with Gasteiger partial charge in [0.15, 0.2) is 0 Å². The Morgan fingerprint density at radius 3 is 2.77 bits per heavy atom. The van der Waals surface area contributed by atoms with E-state index in [0.29, 0.717) is 0 Å². The molecule has 0 amide bonds. The second-order valence-corrected chi connectivity index (χ2v) is 5.55. The molecule has 13 heavy (non-hydrogen) atoms. The molecule has 0 spiro atoms. The lowest BCUT2D eigenvalue weighted by atomic mass is 9.86. The van der Waals surface area contributed by atoms with Gasteiger partial charge in [0.05, 0.1) is 0 Å². The molecule has 0 fully saturated rings. The molecule has 0 N–H and O–H groups in total. The van der Waals surface area contributed by atoms with E-state index in [1.807, 2.05) is 0 Å². The topological polar surface area (TPSA) is 0 Å². The summed E-state index contributed by atoms with van der Waals surface area (Å²) in [6, 6.07) is 3.74. The van der Waals surface area contributed by atoms with Crippen molar-refractivity contribution in [1.82, 2.24) is 0 Å². The summed E-state index contributed by atoms with van der Waals surface area (Å²) in [6.45, 7) is 4.24. The van der Waals surface area contributed by atoms with E-state index in [-0.39, 0.29) is 11.2 Å². The van der Waals surface area contributed by atoms with E-state index < -0.39 is 0 Å². The van der Waals surface area contributed by atoms with Gasteiger partial charge in [0.1, 0.15) is 5.82 Å². The quantitative estimate of drug-likeness (QED) is 0.640. The summed E-state index contributed by atoms with van der Waals surface area (Å²) in [4.78, 5) is 0. The highest BCUT2D eigenvalue weighted by Crippen LogP contribution is 2.40. The predicted octanol–water partition coefficient (Wildman–Crippen LogP) is 3.65. The lowest BCUT2D eigenvalue weighted by Gasteiger charge is -2.19. The molecule has 0 radical (unpaired) electrons. The van der Waals surface area contributed by atoms with Crippen molar-refractivity contribution in [2.24, 2.45) is 0 Å². The van der Waals surface area contributed by atoms with Crippen LogP contribution in [-0.4, -0.2) is 0 Å². The molecular weight excluding hydrogens is 278 g/mol. The van der Waals surface area contributed by atoms with Gasteiger partial charge < -0.3 is 0 Å². The van der Waals surface area contributed by atoms with E-state index in [4.69, 9.17) is 0 Å². The van der Waals surface area contributed by atoms with Crippen LogP contribution in [0, 0.1) is 9.39 Å². The van der Waals surface area contributed by atoms with Gasteiger partial charge in [-0.2, -0.15) is 0 Å². The number of aryl methyl sites for hydroxylation is 1. The molecule has 70 valence electrons. The Labute approximate surface area is 91.7 Å². The Balaban J connectivity index is 2.65. The summed E-state index contributed by atoms with van der Waals surface area (Å²) < 4.78 is 14.6. The van der Waals surface area contributed by atoms with Crippen LogP contribution in [0.15, 0.2) is 12.1 Å². The maximum atomic E-state index is 13.6. The summed E-state index contributed by atoms with van der Waals surface area (Å²) in [6.07, 6.45) is 2.09. The molecule has 0 heterocycles. The first kappa shape index (κ1) is 9.44. The molecule has 2 heteroatoms. The smallest absolute Gasteiger partial charge is 0.128 e. The number of halogens is 2. The van der Waals surface area contributed by atoms with Crippen LogP contribution in [0.25, 0.3) is 0 Å². The zero-order chi connectivity index (χ0) is 9.64. The molecule has 1 aliphatic carbocycles. The third kappa shape index (κ3) is 1.49. The van der Waals surface area contributed by atoms with Gasteiger partial charge in [-0.05, 0) is 64.1 Å². The monoisotopic (exact) mass is 290 g/mol. The first-order chi connectivity index (χ1) is 6.00. The zero-order valence-corrected chi connectivity index (χ0v) is 9.98. The highest BCUT2D eigenvalue weighted by Gasteiger charge is 2.32. The Bertz CT molecular complexity index is 355. The van der Waals surface area contributed by atoms with Gasteiger partial charge in [0.2, 0.25) is 0 Å². The summed E-state index contributed by atoms with van der Waals surface area (Å²) in [7, 11) is 0. The first-order valence-electron chi connectivity index (χ1n) is 4.49. The molecule has 1 aromatic carbocycles. The summed E-state index contributed by atoms with van der Waals surface area (Å²) >= 11 is 2.17. The molecule has 0 aliphatic heterocycles. The van der Waals surface area contributed by atoms with E-state index >= 15 is 0 Å². The molecule has 0 unspecified atom stereocenters. The van der Waals surface area contributed by atoms with Crippen LogP contribution in [0.3, 0.4) is 0 Å². The number of hydrogen-bond donors (Lipinski definition) is 0. The van der Waals surface area contributed by atoms with Crippen LogP contribution in [-0.2, 0) is 11.8 Å². The van der Waals surface area contributed by atoms with Crippen molar-refractivity contribution in [2.45, 2.75) is 32.1 Å². The highest BCUT2D eigenvalue weighted by atomic mass is 127. The molecular formula is C11H12FI. The summed E-state index contributed by atoms with van der Waals surface area (Å²) in [5, 5.41) is 0. The normalized spacial score (nSPS) is 18.8. The Morgan fingerprint density at radius 1 is 1.38 bits per heavy atom. The number of benzene rings is 1. The third-order valence-corrected chi connectivity index (χ3v) is 3.46. The van der Waals surface area contributed by atoms with Crippen molar-refractivity contribution >= 4 is 22.6 Å². The van der Waals surface area contributed by atoms with Crippen molar-refractivity contribution < 1.29 is 4.39 Å². The van der Waals surface area contributed by atoms with Crippen LogP contribution in [0.2, 0.25) is 0 Å². The summed E-state index contributed by atoms with van der Waals surface area (Å²) in [5.41, 5.74) is 2.17. The van der Waals surface area contributed by atoms with Crippen LogP contribution in [0.4, 0.5) is 4.39 Å². The molecule has 0 nitrogen and oxygen atoms in total. The molecule has 0 saturated heterocycles. The van der Waals surface area contributed by atoms with Crippen LogP contribution < -0.4 is 0 Å². The predicted molar refractivity (Wildman–Crippen MR) is 60.5 cm³/mol. The fraction of sp³-hybridized carbons (Fsp3) is 0.455. The van der Waals surface area contributed by atoms with E-state index in [1.165, 1.54) is 5.56 Å². The highest BCUT2D eigenvalue weighted by molar-refractivity contribution is 14.1. The number of rotatable bonds is 0. The second kappa shape index (κ2) is 2.94. The fourth-order valence-electron chi connectivity index (χ4n) is 2.15. The zero-order valence-electron chi connectivity index (χ0n) is 7.82. The van der Waals surface area contributed by atoms with Crippen molar-refractivity contribution in [1.29, 1.82) is 0 Å². The maximum absolute atomic E-state index is 13.6. The Hall–Kier alpha value is -0.120. The average molecular weight is 290 g/mol. The molecule has 0 atom stereocenters. The fourth-order valence-corrected chi connectivity index (χ4v) is 2.80. The number of fused-ring (bicyclic) bond motifs is 1. The van der Waals surface area contributed by atoms with Gasteiger partial charge in [-0.1, -0.05) is 13.8 Å². The van der Waals surface area contributed by atoms with Crippen LogP contribution in [0.5, 0.6) is 0 Å². The summed E-state index contributed by atoms with van der Waals surface area (Å²) in [5.74, 6) is -0.0237. The van der Waals surface area contributed by atoms with Gasteiger partial charge >= 0.3 is 0 Å². The molecule has 2 rings (SSSR count). The largest absolute Gasteiger partial charge is 0.207 e. The molecule has 0 bridgehead atoms.